The second-order valence-electron chi connectivity index (χ2n) is 15.0. The molecule has 2 aliphatic heterocycles. The maximum Gasteiger partial charge on any atom is 0.416 e. The number of carbonyl (C=O) groups is 5. The third-order valence-electron chi connectivity index (χ3n) is 10.4. The Morgan fingerprint density at radius 3 is 1.95 bits per heavy atom. The molecule has 3 aromatic rings. The first-order valence-corrected chi connectivity index (χ1v) is 20.2. The van der Waals surface area contributed by atoms with E-state index in [1.54, 1.807) is 30.3 Å². The summed E-state index contributed by atoms with van der Waals surface area (Å²) in [7, 11) is 1.46. The van der Waals surface area contributed by atoms with Crippen LogP contribution in [-0.2, 0) is 72.0 Å². The van der Waals surface area contributed by atoms with Crippen molar-refractivity contribution in [2.75, 3.05) is 26.9 Å². The Morgan fingerprint density at radius 1 is 0.817 bits per heavy atom. The third-order valence-corrected chi connectivity index (χ3v) is 10.4. The van der Waals surface area contributed by atoms with E-state index in [0.717, 1.165) is 35.1 Å². The number of ketones is 2. The van der Waals surface area contributed by atoms with Crippen LogP contribution in [0.5, 0.6) is 0 Å². The van der Waals surface area contributed by atoms with E-state index in [0.29, 0.717) is 5.56 Å². The van der Waals surface area contributed by atoms with Gasteiger partial charge in [-0.15, -0.1) is 0 Å². The highest BCUT2D eigenvalue weighted by Gasteiger charge is 2.49. The maximum absolute atomic E-state index is 14.1. The Morgan fingerprint density at radius 2 is 1.40 bits per heavy atom. The van der Waals surface area contributed by atoms with Gasteiger partial charge < -0.3 is 38.3 Å². The molecule has 0 bridgehead atoms. The number of hydrogen-bond donors (Lipinski definition) is 1. The van der Waals surface area contributed by atoms with E-state index in [4.69, 9.17) is 33.2 Å². The normalized spacial score (nSPS) is 22.7. The van der Waals surface area contributed by atoms with Gasteiger partial charge in [-0.3, -0.25) is 19.2 Å². The highest BCUT2D eigenvalue weighted by molar-refractivity contribution is 6.04. The molecule has 0 spiro atoms. The maximum atomic E-state index is 14.1. The minimum atomic E-state index is -1.63. The second kappa shape index (κ2) is 23.1. The summed E-state index contributed by atoms with van der Waals surface area (Å²) in [6.45, 7) is 4.94. The van der Waals surface area contributed by atoms with Crippen molar-refractivity contribution in [2.45, 2.75) is 96.1 Å². The number of aliphatic hydroxyl groups is 1. The highest BCUT2D eigenvalue weighted by atomic mass is 16.7. The van der Waals surface area contributed by atoms with Gasteiger partial charge in [0.1, 0.15) is 31.0 Å². The number of ether oxygens (including phenoxy) is 7. The zero-order chi connectivity index (χ0) is 43.0. The lowest BCUT2D eigenvalue weighted by molar-refractivity contribution is -0.319. The molecule has 0 aliphatic carbocycles. The molecule has 2 heterocycles. The Bertz CT molecular complexity index is 1870. The molecule has 2 fully saturated rings. The molecule has 60 heavy (non-hydrogen) atoms. The SMILES string of the molecule is CO[C@H]1O[C@H](CO)[C@@H](OCc2ccccc2)[C@H](OCc2ccccc2)[C@@H]1OCCCC(=O)C=CC(=O)[C@H](OC(C)=O)[C@@H](Cc1ccccc1)C(=O)N1C(=O)OC[C@H]1C(C)C. The van der Waals surface area contributed by atoms with Crippen molar-refractivity contribution in [1.82, 2.24) is 4.90 Å². The van der Waals surface area contributed by atoms with Gasteiger partial charge in [0.05, 0.1) is 31.8 Å². The van der Waals surface area contributed by atoms with E-state index < -0.39 is 78.3 Å². The van der Waals surface area contributed by atoms with Crippen molar-refractivity contribution in [1.29, 1.82) is 0 Å². The van der Waals surface area contributed by atoms with Gasteiger partial charge in [-0.05, 0) is 47.6 Å². The van der Waals surface area contributed by atoms with Gasteiger partial charge in [0.2, 0.25) is 5.91 Å². The molecule has 322 valence electrons. The molecule has 14 nitrogen and oxygen atoms in total. The molecule has 3 aromatic carbocycles. The number of hydrogen-bond acceptors (Lipinski definition) is 13. The van der Waals surface area contributed by atoms with Crippen LogP contribution in [0.4, 0.5) is 4.79 Å². The van der Waals surface area contributed by atoms with Crippen molar-refractivity contribution < 1.29 is 62.2 Å². The second-order valence-corrected chi connectivity index (χ2v) is 15.0. The molecule has 2 saturated heterocycles. The number of amides is 2. The molecule has 2 aliphatic rings. The fraction of sp³-hybridized carbons (Fsp3) is 0.457. The first kappa shape index (κ1) is 46.0. The number of methoxy groups -OCH3 is 1. The molecule has 0 aromatic heterocycles. The van der Waals surface area contributed by atoms with Crippen molar-refractivity contribution in [3.63, 3.8) is 0 Å². The van der Waals surface area contributed by atoms with Crippen LogP contribution < -0.4 is 0 Å². The molecule has 14 heteroatoms. The zero-order valence-corrected chi connectivity index (χ0v) is 34.5. The molecule has 0 unspecified atom stereocenters. The van der Waals surface area contributed by atoms with Crippen LogP contribution in [-0.4, -0.2) is 109 Å². The number of allylic oxidation sites excluding steroid dienone is 1. The topological polar surface area (TPSA) is 173 Å². The summed E-state index contributed by atoms with van der Waals surface area (Å²) in [4.78, 5) is 67.2. The molecule has 1 N–H and O–H groups in total. The van der Waals surface area contributed by atoms with Gasteiger partial charge in [0.15, 0.2) is 24.0 Å². The van der Waals surface area contributed by atoms with Gasteiger partial charge >= 0.3 is 12.1 Å². The largest absolute Gasteiger partial charge is 0.453 e. The summed E-state index contributed by atoms with van der Waals surface area (Å²) >= 11 is 0. The quantitative estimate of drug-likeness (QED) is 0.0799. The van der Waals surface area contributed by atoms with Gasteiger partial charge in [0.25, 0.3) is 0 Å². The minimum absolute atomic E-state index is 0.00233. The lowest BCUT2D eigenvalue weighted by Crippen LogP contribution is -2.61. The standard InChI is InChI=1S/C46H55NO13/c1-30(2)37-29-58-46(53)47(37)44(52)36(25-32-15-8-5-9-16-32)40(59-31(3)49)38(51)23-22-35(50)21-14-24-55-43-42(57-28-34-19-12-7-13-20-34)41(39(26-48)60-45(43)54-4)56-27-33-17-10-6-11-18-33/h5-13,15-20,22-23,30,36-37,39-43,45,48H,14,21,24-29H2,1-4H3/t36-,37+,39-,40-,41-,42+,43+,45+/m1/s1. The summed E-state index contributed by atoms with van der Waals surface area (Å²) in [6.07, 6.45) is -4.27. The first-order chi connectivity index (χ1) is 29.0. The van der Waals surface area contributed by atoms with Crippen LogP contribution in [0.3, 0.4) is 0 Å². The van der Waals surface area contributed by atoms with Crippen LogP contribution >= 0.6 is 0 Å². The van der Waals surface area contributed by atoms with Gasteiger partial charge in [0, 0.05) is 27.1 Å². The number of rotatable bonds is 22. The lowest BCUT2D eigenvalue weighted by atomic mass is 9.89. The fourth-order valence-corrected chi connectivity index (χ4v) is 7.20. The van der Waals surface area contributed by atoms with Crippen LogP contribution in [0.15, 0.2) is 103 Å². The van der Waals surface area contributed by atoms with Crippen molar-refractivity contribution >= 4 is 29.5 Å². The number of carbonyl (C=O) groups excluding carboxylic acids is 5. The number of esters is 1. The summed E-state index contributed by atoms with van der Waals surface area (Å²) < 4.78 is 41.5. The first-order valence-electron chi connectivity index (χ1n) is 20.2. The molecule has 2 amide bonds. The summed E-state index contributed by atoms with van der Waals surface area (Å²) in [5, 5.41) is 10.3. The average Bonchev–Trinajstić information content (AvgIpc) is 3.66. The van der Waals surface area contributed by atoms with Crippen molar-refractivity contribution in [3.8, 4) is 0 Å². The van der Waals surface area contributed by atoms with Crippen LogP contribution in [0.25, 0.3) is 0 Å². The number of imide groups is 1. The van der Waals surface area contributed by atoms with E-state index in [1.807, 2.05) is 74.5 Å². The molecular formula is C46H55NO13. The van der Waals surface area contributed by atoms with Crippen molar-refractivity contribution in [2.24, 2.45) is 11.8 Å². The van der Waals surface area contributed by atoms with E-state index in [2.05, 4.69) is 0 Å². The number of benzene rings is 3. The summed E-state index contributed by atoms with van der Waals surface area (Å²) in [5.41, 5.74) is 2.50. The van der Waals surface area contributed by atoms with Crippen LogP contribution in [0.2, 0.25) is 0 Å². The zero-order valence-electron chi connectivity index (χ0n) is 34.5. The molecule has 0 radical (unpaired) electrons. The van der Waals surface area contributed by atoms with E-state index in [9.17, 15) is 29.1 Å². The Kier molecular flexibility index (Phi) is 17.7. The third kappa shape index (κ3) is 12.7. The summed E-state index contributed by atoms with van der Waals surface area (Å²) in [5.74, 6) is -4.19. The van der Waals surface area contributed by atoms with Gasteiger partial charge in [-0.2, -0.15) is 0 Å². The fourth-order valence-electron chi connectivity index (χ4n) is 7.20. The highest BCUT2D eigenvalue weighted by Crippen LogP contribution is 2.31. The Balaban J connectivity index is 1.27. The van der Waals surface area contributed by atoms with Crippen LogP contribution in [0, 0.1) is 11.8 Å². The lowest BCUT2D eigenvalue weighted by Gasteiger charge is -2.45. The smallest absolute Gasteiger partial charge is 0.416 e. The van der Waals surface area contributed by atoms with Gasteiger partial charge in [-0.1, -0.05) is 105 Å². The van der Waals surface area contributed by atoms with E-state index in [1.165, 1.54) is 7.11 Å². The minimum Gasteiger partial charge on any atom is -0.453 e. The molecule has 8 atom stereocenters. The predicted octanol–water partition coefficient (Wildman–Crippen LogP) is 5.17. The predicted molar refractivity (Wildman–Crippen MR) is 217 cm³/mol. The van der Waals surface area contributed by atoms with Gasteiger partial charge in [-0.25, -0.2) is 9.69 Å². The average molecular weight is 830 g/mol. The molecular weight excluding hydrogens is 774 g/mol. The van der Waals surface area contributed by atoms with E-state index in [-0.39, 0.29) is 58.2 Å². The molecule has 5 rings (SSSR count). The number of nitrogens with zero attached hydrogens (tertiary/aromatic N) is 1. The monoisotopic (exact) mass is 829 g/mol. The Hall–Kier alpha value is -5.09. The van der Waals surface area contributed by atoms with Crippen molar-refractivity contribution in [3.05, 3.63) is 120 Å². The van der Waals surface area contributed by atoms with Crippen LogP contribution in [0.1, 0.15) is 50.3 Å². The van der Waals surface area contributed by atoms with E-state index >= 15 is 0 Å². The Labute approximate surface area is 350 Å². The number of aliphatic hydroxyl groups excluding tert-OH is 1. The number of cyclic esters (lactones) is 1. The summed E-state index contributed by atoms with van der Waals surface area (Å²) in [6, 6.07) is 27.4. The molecule has 0 saturated carbocycles.